The fourth-order valence-corrected chi connectivity index (χ4v) is 1.59. The Labute approximate surface area is 96.5 Å². The molecule has 0 spiro atoms. The molecule has 5 heteroatoms. The third kappa shape index (κ3) is 1.72. The Morgan fingerprint density at radius 3 is 2.81 bits per heavy atom. The maximum atomic E-state index is 13.0. The van der Waals surface area contributed by atoms with Crippen LogP contribution in [-0.2, 0) is 0 Å². The Morgan fingerprint density at radius 1 is 1.50 bits per heavy atom. The van der Waals surface area contributed by atoms with Crippen molar-refractivity contribution in [2.45, 2.75) is 6.92 Å². The molecular weight excluding hydrogens is 231 g/mol. The van der Waals surface area contributed by atoms with Gasteiger partial charge in [-0.2, -0.15) is 5.10 Å². The lowest BCUT2D eigenvalue weighted by molar-refractivity contribution is 0.112. The number of carbonyl (C=O) groups is 1. The lowest BCUT2D eigenvalue weighted by Crippen LogP contribution is -1.99. The van der Waals surface area contributed by atoms with Crippen molar-refractivity contribution in [3.8, 4) is 5.69 Å². The van der Waals surface area contributed by atoms with Gasteiger partial charge in [0.25, 0.3) is 0 Å². The number of halogens is 2. The van der Waals surface area contributed by atoms with Crippen molar-refractivity contribution < 1.29 is 9.18 Å². The first-order valence-corrected chi connectivity index (χ1v) is 4.96. The number of aromatic nitrogens is 2. The van der Waals surface area contributed by atoms with Crippen molar-refractivity contribution in [2.75, 3.05) is 0 Å². The van der Waals surface area contributed by atoms with Crippen molar-refractivity contribution in [1.29, 1.82) is 0 Å². The Morgan fingerprint density at radius 2 is 2.25 bits per heavy atom. The van der Waals surface area contributed by atoms with Gasteiger partial charge in [-0.3, -0.25) is 4.79 Å². The van der Waals surface area contributed by atoms with Crippen LogP contribution in [0, 0.1) is 12.7 Å². The van der Waals surface area contributed by atoms with E-state index in [0.29, 0.717) is 16.9 Å². The topological polar surface area (TPSA) is 34.9 Å². The predicted octanol–water partition coefficient (Wildman–Crippen LogP) is 2.79. The van der Waals surface area contributed by atoms with Crippen LogP contribution in [-0.4, -0.2) is 16.1 Å². The van der Waals surface area contributed by atoms with Gasteiger partial charge in [-0.1, -0.05) is 11.6 Å². The summed E-state index contributed by atoms with van der Waals surface area (Å²) < 4.78 is 14.5. The van der Waals surface area contributed by atoms with E-state index in [0.717, 1.165) is 6.29 Å². The number of rotatable bonds is 2. The minimum atomic E-state index is -0.481. The molecule has 0 atom stereocenters. The molecule has 0 radical (unpaired) electrons. The highest BCUT2D eigenvalue weighted by Gasteiger charge is 2.08. The van der Waals surface area contributed by atoms with Crippen LogP contribution in [0.1, 0.15) is 16.1 Å². The Kier molecular flexibility index (Phi) is 2.75. The van der Waals surface area contributed by atoms with Gasteiger partial charge in [0.2, 0.25) is 0 Å². The van der Waals surface area contributed by atoms with E-state index in [1.165, 1.54) is 23.0 Å². The molecular formula is C11H8ClFN2O. The quantitative estimate of drug-likeness (QED) is 0.754. The second-order valence-corrected chi connectivity index (χ2v) is 3.72. The van der Waals surface area contributed by atoms with E-state index in [1.807, 2.05) is 0 Å². The van der Waals surface area contributed by atoms with Gasteiger partial charge in [0.05, 0.1) is 28.2 Å². The zero-order valence-corrected chi connectivity index (χ0v) is 9.20. The zero-order valence-electron chi connectivity index (χ0n) is 8.45. The number of aldehydes is 1. The van der Waals surface area contributed by atoms with Crippen molar-refractivity contribution in [2.24, 2.45) is 0 Å². The zero-order chi connectivity index (χ0) is 11.7. The lowest BCUT2D eigenvalue weighted by Gasteiger charge is -2.05. The summed E-state index contributed by atoms with van der Waals surface area (Å²) in [6, 6.07) is 4.28. The van der Waals surface area contributed by atoms with Crippen LogP contribution < -0.4 is 0 Å². The average molecular weight is 239 g/mol. The molecule has 0 N–H and O–H groups in total. The van der Waals surface area contributed by atoms with Crippen molar-refractivity contribution in [1.82, 2.24) is 9.78 Å². The molecule has 1 heterocycles. The third-order valence-electron chi connectivity index (χ3n) is 2.32. The summed E-state index contributed by atoms with van der Waals surface area (Å²) in [4.78, 5) is 10.7. The monoisotopic (exact) mass is 238 g/mol. The van der Waals surface area contributed by atoms with E-state index in [2.05, 4.69) is 5.10 Å². The third-order valence-corrected chi connectivity index (χ3v) is 2.61. The Hall–Kier alpha value is -1.68. The molecule has 1 aromatic carbocycles. The highest BCUT2D eigenvalue weighted by Crippen LogP contribution is 2.20. The Balaban J connectivity index is 2.54. The minimum Gasteiger partial charge on any atom is -0.298 e. The second-order valence-electron chi connectivity index (χ2n) is 3.31. The van der Waals surface area contributed by atoms with Crippen LogP contribution in [0.2, 0.25) is 5.02 Å². The van der Waals surface area contributed by atoms with Crippen molar-refractivity contribution in [3.05, 3.63) is 46.5 Å². The lowest BCUT2D eigenvalue weighted by atomic mass is 10.2. The molecule has 0 fully saturated rings. The number of benzene rings is 1. The summed E-state index contributed by atoms with van der Waals surface area (Å²) in [5, 5.41) is 4.06. The molecule has 0 saturated heterocycles. The van der Waals surface area contributed by atoms with Crippen LogP contribution in [0.5, 0.6) is 0 Å². The SMILES string of the molecule is Cc1c(C=O)cnn1-c1ccc(F)c(Cl)c1. The van der Waals surface area contributed by atoms with Crippen LogP contribution >= 0.6 is 11.6 Å². The van der Waals surface area contributed by atoms with E-state index >= 15 is 0 Å². The smallest absolute Gasteiger partial charge is 0.153 e. The number of hydrogen-bond acceptors (Lipinski definition) is 2. The van der Waals surface area contributed by atoms with Crippen LogP contribution in [0.3, 0.4) is 0 Å². The number of nitrogens with zero attached hydrogens (tertiary/aromatic N) is 2. The average Bonchev–Trinajstić information content (AvgIpc) is 2.64. The second kappa shape index (κ2) is 4.06. The maximum absolute atomic E-state index is 13.0. The van der Waals surface area contributed by atoms with Gasteiger partial charge in [0.15, 0.2) is 6.29 Å². The van der Waals surface area contributed by atoms with E-state index in [4.69, 9.17) is 11.6 Å². The van der Waals surface area contributed by atoms with Gasteiger partial charge in [0, 0.05) is 0 Å². The van der Waals surface area contributed by atoms with Gasteiger partial charge in [-0.25, -0.2) is 9.07 Å². The summed E-state index contributed by atoms with van der Waals surface area (Å²) in [7, 11) is 0. The van der Waals surface area contributed by atoms with Gasteiger partial charge >= 0.3 is 0 Å². The normalized spacial score (nSPS) is 10.4. The highest BCUT2D eigenvalue weighted by molar-refractivity contribution is 6.30. The van der Waals surface area contributed by atoms with E-state index in [9.17, 15) is 9.18 Å². The predicted molar refractivity (Wildman–Crippen MR) is 58.7 cm³/mol. The molecule has 0 amide bonds. The van der Waals surface area contributed by atoms with Crippen LogP contribution in [0.4, 0.5) is 4.39 Å². The highest BCUT2D eigenvalue weighted by atomic mass is 35.5. The molecule has 1 aromatic heterocycles. The summed E-state index contributed by atoms with van der Waals surface area (Å²) in [5.41, 5.74) is 1.81. The molecule has 3 nitrogen and oxygen atoms in total. The molecule has 0 aliphatic carbocycles. The fourth-order valence-electron chi connectivity index (χ4n) is 1.42. The molecule has 0 bridgehead atoms. The molecule has 0 aliphatic rings. The molecule has 0 aliphatic heterocycles. The molecule has 0 saturated carbocycles. The van der Waals surface area contributed by atoms with Gasteiger partial charge in [-0.05, 0) is 25.1 Å². The summed E-state index contributed by atoms with van der Waals surface area (Å²) in [5.74, 6) is -0.481. The van der Waals surface area contributed by atoms with Gasteiger partial charge < -0.3 is 0 Å². The largest absolute Gasteiger partial charge is 0.298 e. The van der Waals surface area contributed by atoms with Crippen molar-refractivity contribution >= 4 is 17.9 Å². The van der Waals surface area contributed by atoms with E-state index in [1.54, 1.807) is 13.0 Å². The molecule has 2 rings (SSSR count). The standard InChI is InChI=1S/C11H8ClFN2O/c1-7-8(6-16)5-14-15(7)9-2-3-11(13)10(12)4-9/h2-6H,1H3. The molecule has 16 heavy (non-hydrogen) atoms. The molecule has 82 valence electrons. The van der Waals surface area contributed by atoms with E-state index < -0.39 is 5.82 Å². The first-order valence-electron chi connectivity index (χ1n) is 4.58. The first kappa shape index (κ1) is 10.8. The maximum Gasteiger partial charge on any atom is 0.153 e. The molecule has 0 unspecified atom stereocenters. The number of carbonyl (C=O) groups excluding carboxylic acids is 1. The van der Waals surface area contributed by atoms with Crippen LogP contribution in [0.25, 0.3) is 5.69 Å². The number of hydrogen-bond donors (Lipinski definition) is 0. The van der Waals surface area contributed by atoms with E-state index in [-0.39, 0.29) is 5.02 Å². The minimum absolute atomic E-state index is 0.0278. The van der Waals surface area contributed by atoms with Gasteiger partial charge in [-0.15, -0.1) is 0 Å². The fraction of sp³-hybridized carbons (Fsp3) is 0.0909. The summed E-state index contributed by atoms with van der Waals surface area (Å²) in [6.45, 7) is 1.76. The summed E-state index contributed by atoms with van der Waals surface area (Å²) in [6.07, 6.45) is 2.18. The van der Waals surface area contributed by atoms with Crippen LogP contribution in [0.15, 0.2) is 24.4 Å². The van der Waals surface area contributed by atoms with Crippen molar-refractivity contribution in [3.63, 3.8) is 0 Å². The van der Waals surface area contributed by atoms with Gasteiger partial charge in [0.1, 0.15) is 5.82 Å². The Bertz CT molecular complexity index is 551. The first-order chi connectivity index (χ1) is 7.63. The molecule has 2 aromatic rings. The summed E-state index contributed by atoms with van der Waals surface area (Å²) >= 11 is 5.67.